The van der Waals surface area contributed by atoms with Gasteiger partial charge in [-0.2, -0.15) is 4.98 Å². The van der Waals surface area contributed by atoms with Gasteiger partial charge in [0.05, 0.1) is 29.6 Å². The Kier molecular flexibility index (Phi) is 6.29. The number of amides is 1. The zero-order chi connectivity index (χ0) is 24.5. The van der Waals surface area contributed by atoms with Gasteiger partial charge in [-0.1, -0.05) is 34.5 Å². The first kappa shape index (κ1) is 23.1. The summed E-state index contributed by atoms with van der Waals surface area (Å²) in [6, 6.07) is 10.5. The lowest BCUT2D eigenvalue weighted by Gasteiger charge is -2.13. The molecule has 0 bridgehead atoms. The third-order valence-corrected chi connectivity index (χ3v) is 6.38. The minimum atomic E-state index is -0.381. The molecule has 0 saturated heterocycles. The molecule has 0 aliphatic heterocycles. The Morgan fingerprint density at radius 3 is 2.51 bits per heavy atom. The number of benzene rings is 1. The molecule has 11 heteroatoms. The Balaban J connectivity index is 1.48. The van der Waals surface area contributed by atoms with Gasteiger partial charge in [0, 0.05) is 34.2 Å². The van der Waals surface area contributed by atoms with Gasteiger partial charge in [-0.3, -0.25) is 20.1 Å². The summed E-state index contributed by atoms with van der Waals surface area (Å²) in [5.41, 5.74) is 4.05. The van der Waals surface area contributed by atoms with Crippen molar-refractivity contribution in [3.05, 3.63) is 76.3 Å². The molecule has 4 heterocycles. The summed E-state index contributed by atoms with van der Waals surface area (Å²) in [6.07, 6.45) is 4.65. The van der Waals surface area contributed by atoms with Crippen LogP contribution in [0.1, 0.15) is 16.1 Å². The molecule has 0 spiro atoms. The van der Waals surface area contributed by atoms with Crippen molar-refractivity contribution in [2.45, 2.75) is 6.92 Å². The molecule has 5 aromatic rings. The number of hydrogen-bond acceptors (Lipinski definition) is 8. The van der Waals surface area contributed by atoms with Crippen molar-refractivity contribution < 1.29 is 9.53 Å². The zero-order valence-corrected chi connectivity index (χ0v) is 20.7. The van der Waals surface area contributed by atoms with Crippen LogP contribution in [0.2, 0.25) is 10.0 Å². The predicted octanol–water partition coefficient (Wildman–Crippen LogP) is 6.09. The molecule has 1 aromatic carbocycles. The van der Waals surface area contributed by atoms with Crippen LogP contribution in [0.5, 0.6) is 5.75 Å². The van der Waals surface area contributed by atoms with Crippen LogP contribution in [-0.4, -0.2) is 37.9 Å². The van der Waals surface area contributed by atoms with E-state index < -0.39 is 0 Å². The van der Waals surface area contributed by atoms with Crippen LogP contribution in [0.15, 0.2) is 55.0 Å². The van der Waals surface area contributed by atoms with Crippen molar-refractivity contribution in [2.24, 2.45) is 0 Å². The average molecular weight is 523 g/mol. The van der Waals surface area contributed by atoms with E-state index in [1.807, 2.05) is 13.0 Å². The molecule has 35 heavy (non-hydrogen) atoms. The molecule has 5 rings (SSSR count). The fourth-order valence-electron chi connectivity index (χ4n) is 3.44. The van der Waals surface area contributed by atoms with Crippen LogP contribution < -0.4 is 10.1 Å². The van der Waals surface area contributed by atoms with Crippen molar-refractivity contribution in [3.63, 3.8) is 0 Å². The second-order valence-electron chi connectivity index (χ2n) is 7.43. The van der Waals surface area contributed by atoms with Crippen LogP contribution in [-0.2, 0) is 0 Å². The molecule has 1 N–H and O–H groups in total. The second-order valence-corrected chi connectivity index (χ2v) is 9.29. The summed E-state index contributed by atoms with van der Waals surface area (Å²) < 4.78 is 5.49. The molecule has 8 nitrogen and oxygen atoms in total. The standard InChI is InChI=1S/C24H16Cl2N6O2S/c1-12-7-15(16-8-13(25)4-6-20(16)34-2)17(10-27-12)22(33)32-24-31-21-23(35-24)30-19(11-29-21)18-5-3-14(26)9-28-18/h3-11H,1-2H3,(H,29,31,32,33). The molecule has 0 aliphatic rings. The van der Waals surface area contributed by atoms with Gasteiger partial charge in [-0.15, -0.1) is 0 Å². The number of carbonyl (C=O) groups excluding carboxylic acids is 1. The first-order valence-corrected chi connectivity index (χ1v) is 11.9. The van der Waals surface area contributed by atoms with Gasteiger partial charge in [0.25, 0.3) is 5.91 Å². The van der Waals surface area contributed by atoms with E-state index in [2.05, 4.69) is 30.2 Å². The monoisotopic (exact) mass is 522 g/mol. The highest BCUT2D eigenvalue weighted by Gasteiger charge is 2.19. The first-order valence-electron chi connectivity index (χ1n) is 10.3. The number of methoxy groups -OCH3 is 1. The molecule has 0 unspecified atom stereocenters. The van der Waals surface area contributed by atoms with Crippen molar-refractivity contribution in [2.75, 3.05) is 12.4 Å². The zero-order valence-electron chi connectivity index (χ0n) is 18.4. The maximum Gasteiger partial charge on any atom is 0.259 e. The van der Waals surface area contributed by atoms with Crippen molar-refractivity contribution in [3.8, 4) is 28.3 Å². The number of nitrogens with one attached hydrogen (secondary N) is 1. The van der Waals surface area contributed by atoms with Crippen molar-refractivity contribution in [1.82, 2.24) is 24.9 Å². The molecule has 0 aliphatic carbocycles. The Morgan fingerprint density at radius 2 is 1.74 bits per heavy atom. The Hall–Kier alpha value is -3.66. The van der Waals surface area contributed by atoms with Crippen LogP contribution in [0.3, 0.4) is 0 Å². The fraction of sp³-hybridized carbons (Fsp3) is 0.0833. The Morgan fingerprint density at radius 1 is 0.914 bits per heavy atom. The second kappa shape index (κ2) is 9.53. The van der Waals surface area contributed by atoms with Crippen LogP contribution in [0.25, 0.3) is 33.0 Å². The minimum Gasteiger partial charge on any atom is -0.496 e. The van der Waals surface area contributed by atoms with Gasteiger partial charge >= 0.3 is 0 Å². The Bertz CT molecular complexity index is 1570. The topological polar surface area (TPSA) is 103 Å². The third-order valence-electron chi connectivity index (χ3n) is 5.07. The molecule has 174 valence electrons. The van der Waals surface area contributed by atoms with Crippen LogP contribution in [0, 0.1) is 6.92 Å². The lowest BCUT2D eigenvalue weighted by molar-refractivity contribution is 0.102. The number of hydrogen-bond donors (Lipinski definition) is 1. The molecule has 0 fully saturated rings. The SMILES string of the molecule is COc1ccc(Cl)cc1-c1cc(C)ncc1C(=O)Nc1nc2ncc(-c3ccc(Cl)cn3)nc2s1. The van der Waals surface area contributed by atoms with E-state index in [0.717, 1.165) is 5.69 Å². The van der Waals surface area contributed by atoms with Gasteiger partial charge in [0.15, 0.2) is 15.6 Å². The Labute approximate surface area is 214 Å². The summed E-state index contributed by atoms with van der Waals surface area (Å²) in [5, 5.41) is 4.25. The molecule has 0 atom stereocenters. The van der Waals surface area contributed by atoms with E-state index in [0.29, 0.717) is 59.5 Å². The summed E-state index contributed by atoms with van der Waals surface area (Å²) in [5.74, 6) is 0.207. The van der Waals surface area contributed by atoms with Crippen molar-refractivity contribution in [1.29, 1.82) is 0 Å². The van der Waals surface area contributed by atoms with Crippen LogP contribution >= 0.6 is 34.5 Å². The highest BCUT2D eigenvalue weighted by atomic mass is 35.5. The van der Waals surface area contributed by atoms with E-state index >= 15 is 0 Å². The number of halogens is 2. The number of anilines is 1. The number of nitrogens with zero attached hydrogens (tertiary/aromatic N) is 5. The highest BCUT2D eigenvalue weighted by molar-refractivity contribution is 7.21. The quantitative estimate of drug-likeness (QED) is 0.298. The number of ether oxygens (including phenoxy) is 1. The molecular formula is C24H16Cl2N6O2S. The summed E-state index contributed by atoms with van der Waals surface area (Å²) in [4.78, 5) is 35.8. The molecule has 0 radical (unpaired) electrons. The lowest BCUT2D eigenvalue weighted by atomic mass is 9.99. The number of fused-ring (bicyclic) bond motifs is 1. The average Bonchev–Trinajstić information content (AvgIpc) is 3.25. The molecule has 1 amide bonds. The third kappa shape index (κ3) is 4.79. The van der Waals surface area contributed by atoms with E-state index in [1.54, 1.807) is 49.8 Å². The number of rotatable bonds is 5. The summed E-state index contributed by atoms with van der Waals surface area (Å²) in [7, 11) is 1.56. The lowest BCUT2D eigenvalue weighted by Crippen LogP contribution is -2.14. The first-order chi connectivity index (χ1) is 16.9. The smallest absolute Gasteiger partial charge is 0.259 e. The molecular weight excluding hydrogens is 507 g/mol. The number of aryl methyl sites for hydroxylation is 1. The van der Waals surface area contributed by atoms with Gasteiger partial charge in [0.1, 0.15) is 11.4 Å². The molecule has 0 saturated carbocycles. The van der Waals surface area contributed by atoms with Gasteiger partial charge in [0.2, 0.25) is 0 Å². The fourth-order valence-corrected chi connectivity index (χ4v) is 4.52. The van der Waals surface area contributed by atoms with E-state index in [9.17, 15) is 4.79 Å². The summed E-state index contributed by atoms with van der Waals surface area (Å²) in [6.45, 7) is 1.85. The van der Waals surface area contributed by atoms with Gasteiger partial charge in [-0.25, -0.2) is 9.97 Å². The van der Waals surface area contributed by atoms with Crippen molar-refractivity contribution >= 4 is 56.1 Å². The van der Waals surface area contributed by atoms with E-state index in [-0.39, 0.29) is 5.91 Å². The maximum absolute atomic E-state index is 13.3. The summed E-state index contributed by atoms with van der Waals surface area (Å²) >= 11 is 13.4. The van der Waals surface area contributed by atoms with Gasteiger partial charge < -0.3 is 4.74 Å². The predicted molar refractivity (Wildman–Crippen MR) is 137 cm³/mol. The van der Waals surface area contributed by atoms with Gasteiger partial charge in [-0.05, 0) is 43.3 Å². The van der Waals surface area contributed by atoms with Crippen LogP contribution in [0.4, 0.5) is 5.13 Å². The van der Waals surface area contributed by atoms with E-state index in [4.69, 9.17) is 27.9 Å². The highest BCUT2D eigenvalue weighted by Crippen LogP contribution is 2.35. The van der Waals surface area contributed by atoms with E-state index in [1.165, 1.54) is 17.5 Å². The largest absolute Gasteiger partial charge is 0.496 e. The number of pyridine rings is 2. The normalized spacial score (nSPS) is 11.0. The maximum atomic E-state index is 13.3. The number of thiazole rings is 1. The number of aromatic nitrogens is 5. The number of carbonyl (C=O) groups is 1. The minimum absolute atomic E-state index is 0.349. The molecule has 4 aromatic heterocycles.